The molecule has 1 atom stereocenters. The molecule has 1 fully saturated rings. The highest BCUT2D eigenvalue weighted by molar-refractivity contribution is 5.97. The van der Waals surface area contributed by atoms with E-state index in [2.05, 4.69) is 16.4 Å². The van der Waals surface area contributed by atoms with E-state index in [0.717, 1.165) is 24.0 Å². The lowest BCUT2D eigenvalue weighted by molar-refractivity contribution is -0.121. The van der Waals surface area contributed by atoms with Crippen molar-refractivity contribution in [1.82, 2.24) is 14.5 Å². The van der Waals surface area contributed by atoms with E-state index in [1.54, 1.807) is 17.4 Å². The van der Waals surface area contributed by atoms with Gasteiger partial charge in [0.15, 0.2) is 0 Å². The van der Waals surface area contributed by atoms with E-state index >= 15 is 0 Å². The number of amides is 2. The third-order valence-corrected chi connectivity index (χ3v) is 5.86. The highest BCUT2D eigenvalue weighted by atomic mass is 16.5. The van der Waals surface area contributed by atoms with E-state index in [1.165, 1.54) is 0 Å². The van der Waals surface area contributed by atoms with Crippen molar-refractivity contribution in [2.24, 2.45) is 5.92 Å². The summed E-state index contributed by atoms with van der Waals surface area (Å²) in [5.41, 5.74) is 3.46. The fraction of sp³-hybridized carbons (Fsp3) is 0.346. The lowest BCUT2D eigenvalue weighted by Gasteiger charge is -2.32. The summed E-state index contributed by atoms with van der Waals surface area (Å²) in [6.07, 6.45) is 6.91. The molecule has 1 saturated heterocycles. The first-order chi connectivity index (χ1) is 16.0. The van der Waals surface area contributed by atoms with Crippen LogP contribution in [0.15, 0.2) is 61.2 Å². The second kappa shape index (κ2) is 10.3. The Bertz CT molecular complexity index is 1090. The summed E-state index contributed by atoms with van der Waals surface area (Å²) in [6.45, 7) is 6.20. The SMILES string of the molecule is Cc1cc(C)cc(C(=O)N2CCCC(C(=O)Nc3ccccc3OCCn3ccnc3)C2)c1. The van der Waals surface area contributed by atoms with E-state index < -0.39 is 0 Å². The number of aromatic nitrogens is 2. The predicted molar refractivity (Wildman–Crippen MR) is 127 cm³/mol. The van der Waals surface area contributed by atoms with Gasteiger partial charge in [-0.25, -0.2) is 4.98 Å². The summed E-state index contributed by atoms with van der Waals surface area (Å²) in [5.74, 6) is 0.277. The molecule has 0 saturated carbocycles. The van der Waals surface area contributed by atoms with Crippen molar-refractivity contribution in [2.45, 2.75) is 33.2 Å². The number of carbonyl (C=O) groups is 2. The number of para-hydroxylation sites is 2. The average molecular weight is 447 g/mol. The van der Waals surface area contributed by atoms with Crippen molar-refractivity contribution in [3.05, 3.63) is 77.9 Å². The number of carbonyl (C=O) groups excluding carboxylic acids is 2. The fourth-order valence-electron chi connectivity index (χ4n) is 4.27. The molecule has 0 radical (unpaired) electrons. The number of rotatable bonds is 7. The zero-order valence-electron chi connectivity index (χ0n) is 19.2. The number of piperidine rings is 1. The first kappa shape index (κ1) is 22.6. The van der Waals surface area contributed by atoms with Gasteiger partial charge in [-0.1, -0.05) is 29.3 Å². The zero-order valence-corrected chi connectivity index (χ0v) is 19.2. The topological polar surface area (TPSA) is 76.5 Å². The second-order valence-corrected chi connectivity index (χ2v) is 8.60. The molecule has 1 aliphatic heterocycles. The van der Waals surface area contributed by atoms with Crippen molar-refractivity contribution in [3.63, 3.8) is 0 Å². The summed E-state index contributed by atoms with van der Waals surface area (Å²) in [5, 5.41) is 3.02. The first-order valence-corrected chi connectivity index (χ1v) is 11.4. The van der Waals surface area contributed by atoms with Gasteiger partial charge in [0.1, 0.15) is 12.4 Å². The van der Waals surface area contributed by atoms with Gasteiger partial charge in [-0.05, 0) is 51.0 Å². The molecule has 1 N–H and O–H groups in total. The van der Waals surface area contributed by atoms with Crippen LogP contribution in [0.5, 0.6) is 5.75 Å². The highest BCUT2D eigenvalue weighted by Gasteiger charge is 2.29. The minimum absolute atomic E-state index is 0.0115. The van der Waals surface area contributed by atoms with Gasteiger partial charge in [0.05, 0.1) is 24.5 Å². The number of ether oxygens (including phenoxy) is 1. The molecule has 3 aromatic rings. The number of nitrogens with zero attached hydrogens (tertiary/aromatic N) is 3. The molecule has 33 heavy (non-hydrogen) atoms. The number of nitrogens with one attached hydrogen (secondary N) is 1. The maximum Gasteiger partial charge on any atom is 0.253 e. The summed E-state index contributed by atoms with van der Waals surface area (Å²) >= 11 is 0. The van der Waals surface area contributed by atoms with Crippen molar-refractivity contribution in [2.75, 3.05) is 25.0 Å². The number of likely N-dealkylation sites (tertiary alicyclic amines) is 1. The summed E-state index contributed by atoms with van der Waals surface area (Å²) in [4.78, 5) is 32.0. The fourth-order valence-corrected chi connectivity index (χ4v) is 4.27. The molecule has 1 aromatic heterocycles. The third-order valence-electron chi connectivity index (χ3n) is 5.86. The van der Waals surface area contributed by atoms with Crippen LogP contribution >= 0.6 is 0 Å². The Morgan fingerprint density at radius 1 is 1.15 bits per heavy atom. The van der Waals surface area contributed by atoms with Crippen molar-refractivity contribution in [3.8, 4) is 5.75 Å². The Balaban J connectivity index is 1.37. The predicted octanol–water partition coefficient (Wildman–Crippen LogP) is 4.07. The molecule has 7 nitrogen and oxygen atoms in total. The highest BCUT2D eigenvalue weighted by Crippen LogP contribution is 2.26. The average Bonchev–Trinajstić information content (AvgIpc) is 3.33. The largest absolute Gasteiger partial charge is 0.490 e. The van der Waals surface area contributed by atoms with Crippen molar-refractivity contribution >= 4 is 17.5 Å². The van der Waals surface area contributed by atoms with Gasteiger partial charge in [0, 0.05) is 31.0 Å². The Hall–Kier alpha value is -3.61. The number of hydrogen-bond donors (Lipinski definition) is 1. The zero-order chi connectivity index (χ0) is 23.2. The van der Waals surface area contributed by atoms with Crippen LogP contribution < -0.4 is 10.1 Å². The Labute approximate surface area is 194 Å². The third kappa shape index (κ3) is 5.80. The molecule has 2 heterocycles. The van der Waals surface area contributed by atoms with Gasteiger partial charge in [0.2, 0.25) is 5.91 Å². The summed E-state index contributed by atoms with van der Waals surface area (Å²) < 4.78 is 7.85. The maximum absolute atomic E-state index is 13.1. The molecular weight excluding hydrogens is 416 g/mol. The van der Waals surface area contributed by atoms with Crippen LogP contribution in [-0.2, 0) is 11.3 Å². The standard InChI is InChI=1S/C26H30N4O3/c1-19-14-20(2)16-22(15-19)26(32)30-10-5-6-21(17-30)25(31)28-23-7-3-4-8-24(23)33-13-12-29-11-9-27-18-29/h3-4,7-9,11,14-16,18,21H,5-6,10,12-13,17H2,1-2H3,(H,28,31). The number of hydrogen-bond acceptors (Lipinski definition) is 4. The van der Waals surface area contributed by atoms with E-state index in [4.69, 9.17) is 4.74 Å². The van der Waals surface area contributed by atoms with Gasteiger partial charge in [0.25, 0.3) is 5.91 Å². The van der Waals surface area contributed by atoms with Crippen LogP contribution in [0.4, 0.5) is 5.69 Å². The molecule has 2 aromatic carbocycles. The number of benzene rings is 2. The van der Waals surface area contributed by atoms with Crippen LogP contribution in [0.2, 0.25) is 0 Å². The van der Waals surface area contributed by atoms with Crippen LogP contribution in [0.1, 0.15) is 34.3 Å². The van der Waals surface area contributed by atoms with Gasteiger partial charge in [-0.2, -0.15) is 0 Å². The van der Waals surface area contributed by atoms with Crippen LogP contribution in [0, 0.1) is 19.8 Å². The smallest absolute Gasteiger partial charge is 0.253 e. The molecule has 1 aliphatic rings. The lowest BCUT2D eigenvalue weighted by Crippen LogP contribution is -2.43. The molecule has 2 amide bonds. The number of anilines is 1. The molecule has 0 spiro atoms. The summed E-state index contributed by atoms with van der Waals surface area (Å²) in [7, 11) is 0. The maximum atomic E-state index is 13.1. The van der Waals surface area contributed by atoms with Crippen molar-refractivity contribution < 1.29 is 14.3 Å². The van der Waals surface area contributed by atoms with E-state index in [0.29, 0.717) is 43.2 Å². The van der Waals surface area contributed by atoms with Crippen LogP contribution in [0.25, 0.3) is 0 Å². The molecule has 1 unspecified atom stereocenters. The molecule has 0 aliphatic carbocycles. The van der Waals surface area contributed by atoms with E-state index in [-0.39, 0.29) is 17.7 Å². The van der Waals surface area contributed by atoms with Gasteiger partial charge < -0.3 is 19.5 Å². The van der Waals surface area contributed by atoms with Gasteiger partial charge in [-0.15, -0.1) is 0 Å². The lowest BCUT2D eigenvalue weighted by atomic mass is 9.96. The minimum atomic E-state index is -0.257. The van der Waals surface area contributed by atoms with Crippen molar-refractivity contribution in [1.29, 1.82) is 0 Å². The molecule has 7 heteroatoms. The molecule has 172 valence electrons. The molecular formula is C26H30N4O3. The van der Waals surface area contributed by atoms with E-state index in [1.807, 2.05) is 61.0 Å². The summed E-state index contributed by atoms with van der Waals surface area (Å²) in [6, 6.07) is 13.3. The quantitative estimate of drug-likeness (QED) is 0.594. The second-order valence-electron chi connectivity index (χ2n) is 8.60. The van der Waals surface area contributed by atoms with Crippen LogP contribution in [0.3, 0.4) is 0 Å². The number of imidazole rings is 1. The van der Waals surface area contributed by atoms with Gasteiger partial charge in [-0.3, -0.25) is 9.59 Å². The Kier molecular flexibility index (Phi) is 7.07. The number of aryl methyl sites for hydroxylation is 2. The molecule has 0 bridgehead atoms. The Morgan fingerprint density at radius 2 is 1.94 bits per heavy atom. The van der Waals surface area contributed by atoms with E-state index in [9.17, 15) is 9.59 Å². The first-order valence-electron chi connectivity index (χ1n) is 11.4. The normalized spacial score (nSPS) is 15.8. The monoisotopic (exact) mass is 446 g/mol. The van der Waals surface area contributed by atoms with Crippen LogP contribution in [-0.4, -0.2) is 46.0 Å². The van der Waals surface area contributed by atoms with Gasteiger partial charge >= 0.3 is 0 Å². The Morgan fingerprint density at radius 3 is 2.70 bits per heavy atom. The minimum Gasteiger partial charge on any atom is -0.490 e. The molecule has 4 rings (SSSR count).